The lowest BCUT2D eigenvalue weighted by molar-refractivity contribution is -0.00545. The Bertz CT molecular complexity index is 1410. The molecule has 1 fully saturated rings. The summed E-state index contributed by atoms with van der Waals surface area (Å²) in [6, 6.07) is 17.7. The van der Waals surface area contributed by atoms with Crippen molar-refractivity contribution in [3.8, 4) is 11.4 Å². The molecule has 7 heteroatoms. The van der Waals surface area contributed by atoms with Crippen LogP contribution in [0.15, 0.2) is 60.8 Å². The number of benzene rings is 1. The monoisotopic (exact) mass is 481 g/mol. The number of morpholine rings is 1. The van der Waals surface area contributed by atoms with Crippen LogP contribution in [0.25, 0.3) is 22.3 Å². The minimum Gasteiger partial charge on any atom is -0.372 e. The Labute approximate surface area is 211 Å². The van der Waals surface area contributed by atoms with Crippen LogP contribution in [0.1, 0.15) is 41.0 Å². The zero-order valence-corrected chi connectivity index (χ0v) is 21.2. The normalized spacial score (nSPS) is 17.8. The summed E-state index contributed by atoms with van der Waals surface area (Å²) in [6.07, 6.45) is 2.13. The van der Waals surface area contributed by atoms with Crippen LogP contribution in [0.2, 0.25) is 0 Å². The van der Waals surface area contributed by atoms with Gasteiger partial charge in [0, 0.05) is 30.2 Å². The number of hydrogen-bond donors (Lipinski definition) is 1. The minimum absolute atomic E-state index is 0.116. The summed E-state index contributed by atoms with van der Waals surface area (Å²) in [5.74, 6) is 0.815. The summed E-state index contributed by atoms with van der Waals surface area (Å²) in [6.45, 7) is 10.2. The van der Waals surface area contributed by atoms with E-state index in [4.69, 9.17) is 14.7 Å². The fourth-order valence-corrected chi connectivity index (χ4v) is 4.56. The Morgan fingerprint density at radius 2 is 1.75 bits per heavy atom. The molecular formula is C29H31N5O2. The quantitative estimate of drug-likeness (QED) is 0.439. The largest absolute Gasteiger partial charge is 0.372 e. The van der Waals surface area contributed by atoms with Gasteiger partial charge in [-0.05, 0) is 81.3 Å². The number of nitrogens with one attached hydrogen (secondary N) is 1. The van der Waals surface area contributed by atoms with Crippen molar-refractivity contribution in [2.24, 2.45) is 0 Å². The smallest absolute Gasteiger partial charge is 0.251 e. The molecule has 1 saturated heterocycles. The zero-order valence-electron chi connectivity index (χ0n) is 21.2. The van der Waals surface area contributed by atoms with Crippen LogP contribution in [0.4, 0.5) is 5.82 Å². The molecule has 5 rings (SSSR count). The average Bonchev–Trinajstić information content (AvgIpc) is 2.88. The van der Waals surface area contributed by atoms with Crippen molar-refractivity contribution in [1.29, 1.82) is 0 Å². The lowest BCUT2D eigenvalue weighted by Crippen LogP contribution is -2.45. The first-order chi connectivity index (χ1) is 17.4. The van der Waals surface area contributed by atoms with Gasteiger partial charge >= 0.3 is 0 Å². The Morgan fingerprint density at radius 3 is 2.53 bits per heavy atom. The van der Waals surface area contributed by atoms with Crippen LogP contribution < -0.4 is 10.2 Å². The second kappa shape index (κ2) is 10.0. The molecule has 0 saturated carbocycles. The van der Waals surface area contributed by atoms with E-state index in [2.05, 4.69) is 29.0 Å². The first-order valence-corrected chi connectivity index (χ1v) is 12.3. The van der Waals surface area contributed by atoms with E-state index in [-0.39, 0.29) is 18.1 Å². The number of fused-ring (bicyclic) bond motifs is 1. The molecule has 1 aliphatic heterocycles. The van der Waals surface area contributed by atoms with Crippen LogP contribution in [-0.4, -0.2) is 46.2 Å². The van der Waals surface area contributed by atoms with Crippen LogP contribution >= 0.6 is 0 Å². The standard InChI is InChI=1S/C29H31N5O2/c1-18-8-9-22(12-19(18)2)29(35)31-15-24-13-27-23(14-30-24)10-11-26(32-27)25-6-5-7-28(33-25)34-16-20(3)36-21(4)17-34/h5-14,20-21H,15-17H2,1-4H3,(H,31,35)/t20-,21+. The molecule has 0 aliphatic carbocycles. The minimum atomic E-state index is -0.116. The second-order valence-corrected chi connectivity index (χ2v) is 9.59. The topological polar surface area (TPSA) is 80.2 Å². The van der Waals surface area contributed by atoms with Crippen molar-refractivity contribution >= 4 is 22.6 Å². The van der Waals surface area contributed by atoms with Crippen LogP contribution in [0.3, 0.4) is 0 Å². The van der Waals surface area contributed by atoms with Gasteiger partial charge in [-0.1, -0.05) is 12.1 Å². The number of carbonyl (C=O) groups excluding carboxylic acids is 1. The maximum absolute atomic E-state index is 12.6. The maximum Gasteiger partial charge on any atom is 0.251 e. The number of nitrogens with zero attached hydrogens (tertiary/aromatic N) is 4. The molecule has 1 aromatic carbocycles. The van der Waals surface area contributed by atoms with Crippen molar-refractivity contribution in [3.05, 3.63) is 83.2 Å². The van der Waals surface area contributed by atoms with Crippen molar-refractivity contribution < 1.29 is 9.53 Å². The van der Waals surface area contributed by atoms with Crippen LogP contribution in [-0.2, 0) is 11.3 Å². The first-order valence-electron chi connectivity index (χ1n) is 12.3. The number of pyridine rings is 3. The third-order valence-corrected chi connectivity index (χ3v) is 6.57. The van der Waals surface area contributed by atoms with Gasteiger partial charge in [0.05, 0.1) is 41.4 Å². The van der Waals surface area contributed by atoms with E-state index < -0.39 is 0 Å². The molecule has 0 unspecified atom stereocenters. The van der Waals surface area contributed by atoms with E-state index in [0.717, 1.165) is 52.5 Å². The molecule has 4 aromatic rings. The van der Waals surface area contributed by atoms with Gasteiger partial charge < -0.3 is 15.0 Å². The summed E-state index contributed by atoms with van der Waals surface area (Å²) >= 11 is 0. The predicted octanol–water partition coefficient (Wildman–Crippen LogP) is 4.85. The number of amides is 1. The predicted molar refractivity (Wildman–Crippen MR) is 142 cm³/mol. The number of carbonyl (C=O) groups is 1. The fourth-order valence-electron chi connectivity index (χ4n) is 4.56. The Kier molecular flexibility index (Phi) is 6.65. The van der Waals surface area contributed by atoms with E-state index in [1.54, 1.807) is 6.20 Å². The van der Waals surface area contributed by atoms with Gasteiger partial charge in [0.1, 0.15) is 5.82 Å². The van der Waals surface area contributed by atoms with Gasteiger partial charge in [-0.2, -0.15) is 0 Å². The molecule has 3 aromatic heterocycles. The fraction of sp³-hybridized carbons (Fsp3) is 0.310. The number of rotatable bonds is 5. The van der Waals surface area contributed by atoms with E-state index >= 15 is 0 Å². The summed E-state index contributed by atoms with van der Waals surface area (Å²) in [5.41, 5.74) is 6.10. The number of hydrogen-bond acceptors (Lipinski definition) is 6. The highest BCUT2D eigenvalue weighted by atomic mass is 16.5. The van der Waals surface area contributed by atoms with E-state index in [0.29, 0.717) is 12.1 Å². The van der Waals surface area contributed by atoms with Crippen LogP contribution in [0, 0.1) is 13.8 Å². The second-order valence-electron chi connectivity index (χ2n) is 9.59. The highest BCUT2D eigenvalue weighted by Gasteiger charge is 2.23. The number of aromatic nitrogens is 3. The van der Waals surface area contributed by atoms with Gasteiger partial charge in [0.2, 0.25) is 0 Å². The molecular weight excluding hydrogens is 450 g/mol. The molecule has 0 radical (unpaired) electrons. The van der Waals surface area contributed by atoms with Crippen molar-refractivity contribution in [2.45, 2.75) is 46.4 Å². The van der Waals surface area contributed by atoms with Gasteiger partial charge in [-0.3, -0.25) is 9.78 Å². The lowest BCUT2D eigenvalue weighted by Gasteiger charge is -2.36. The van der Waals surface area contributed by atoms with E-state index in [9.17, 15) is 4.79 Å². The first kappa shape index (κ1) is 23.9. The average molecular weight is 482 g/mol. The third kappa shape index (κ3) is 5.21. The SMILES string of the molecule is Cc1ccc(C(=O)NCc2cc3nc(-c4cccc(N5C[C@@H](C)O[C@@H](C)C5)n4)ccc3cn2)cc1C. The molecule has 36 heavy (non-hydrogen) atoms. The molecule has 1 N–H and O–H groups in total. The van der Waals surface area contributed by atoms with E-state index in [1.165, 1.54) is 5.56 Å². The van der Waals surface area contributed by atoms with Crippen molar-refractivity contribution in [3.63, 3.8) is 0 Å². The van der Waals surface area contributed by atoms with Gasteiger partial charge in [0.25, 0.3) is 5.91 Å². The summed E-state index contributed by atoms with van der Waals surface area (Å²) in [7, 11) is 0. The van der Waals surface area contributed by atoms with Crippen LogP contribution in [0.5, 0.6) is 0 Å². The number of ether oxygens (including phenoxy) is 1. The van der Waals surface area contributed by atoms with Gasteiger partial charge in [0.15, 0.2) is 0 Å². The summed E-state index contributed by atoms with van der Waals surface area (Å²) in [4.78, 5) is 29.2. The lowest BCUT2D eigenvalue weighted by atomic mass is 10.1. The highest BCUT2D eigenvalue weighted by molar-refractivity contribution is 5.94. The number of anilines is 1. The molecule has 7 nitrogen and oxygen atoms in total. The molecule has 0 spiro atoms. The Balaban J connectivity index is 1.34. The molecule has 184 valence electrons. The summed E-state index contributed by atoms with van der Waals surface area (Å²) < 4.78 is 5.87. The Morgan fingerprint density at radius 1 is 0.972 bits per heavy atom. The molecule has 0 bridgehead atoms. The third-order valence-electron chi connectivity index (χ3n) is 6.57. The molecule has 4 heterocycles. The zero-order chi connectivity index (χ0) is 25.2. The van der Waals surface area contributed by atoms with E-state index in [1.807, 2.05) is 68.4 Å². The Hall–Kier alpha value is -3.84. The summed E-state index contributed by atoms with van der Waals surface area (Å²) in [5, 5.41) is 3.91. The molecule has 1 amide bonds. The van der Waals surface area contributed by atoms with Gasteiger partial charge in [-0.15, -0.1) is 0 Å². The molecule has 2 atom stereocenters. The van der Waals surface area contributed by atoms with Gasteiger partial charge in [-0.25, -0.2) is 9.97 Å². The number of aryl methyl sites for hydroxylation is 2. The maximum atomic E-state index is 12.6. The van der Waals surface area contributed by atoms with Crippen molar-refractivity contribution in [1.82, 2.24) is 20.3 Å². The molecule has 1 aliphatic rings. The highest BCUT2D eigenvalue weighted by Crippen LogP contribution is 2.24. The van der Waals surface area contributed by atoms with Crippen molar-refractivity contribution in [2.75, 3.05) is 18.0 Å².